The molecule has 0 unspecified atom stereocenters. The lowest BCUT2D eigenvalue weighted by molar-refractivity contribution is -0.121. The van der Waals surface area contributed by atoms with Crippen LogP contribution in [-0.2, 0) is 22.7 Å². The molecule has 198 valence electrons. The normalized spacial score (nSPS) is 19.3. The number of hydrogen-bond acceptors (Lipinski definition) is 5. The SMILES string of the molecule is COc1cc(NC(=O)C2CCC(N3Cc4c(COC(=O)NC(C)(C)C)cccc4C3=O)CC2)ccc1C. The first-order valence-electron chi connectivity index (χ1n) is 12.9. The molecule has 1 aliphatic carbocycles. The second-order valence-electron chi connectivity index (χ2n) is 11.0. The maximum atomic E-state index is 13.2. The van der Waals surface area contributed by atoms with Crippen LogP contribution in [0, 0.1) is 12.8 Å². The van der Waals surface area contributed by atoms with E-state index >= 15 is 0 Å². The summed E-state index contributed by atoms with van der Waals surface area (Å²) in [6.45, 7) is 8.25. The number of ether oxygens (including phenoxy) is 2. The number of anilines is 1. The number of aryl methyl sites for hydroxylation is 1. The van der Waals surface area contributed by atoms with E-state index in [0.717, 1.165) is 53.8 Å². The zero-order valence-electron chi connectivity index (χ0n) is 22.3. The minimum Gasteiger partial charge on any atom is -0.496 e. The van der Waals surface area contributed by atoms with Crippen molar-refractivity contribution >= 4 is 23.6 Å². The number of nitrogens with one attached hydrogen (secondary N) is 2. The Morgan fingerprint density at radius 3 is 2.49 bits per heavy atom. The number of benzene rings is 2. The van der Waals surface area contributed by atoms with E-state index in [-0.39, 0.29) is 35.9 Å². The molecule has 0 spiro atoms. The van der Waals surface area contributed by atoms with Crippen LogP contribution in [0.1, 0.15) is 73.5 Å². The number of methoxy groups -OCH3 is 1. The molecule has 0 aromatic heterocycles. The number of carbonyl (C=O) groups excluding carboxylic acids is 3. The first kappa shape index (κ1) is 26.5. The Morgan fingerprint density at radius 2 is 1.81 bits per heavy atom. The van der Waals surface area contributed by atoms with Gasteiger partial charge in [0.1, 0.15) is 12.4 Å². The summed E-state index contributed by atoms with van der Waals surface area (Å²) in [6.07, 6.45) is 2.52. The fourth-order valence-corrected chi connectivity index (χ4v) is 5.13. The second-order valence-corrected chi connectivity index (χ2v) is 11.0. The van der Waals surface area contributed by atoms with Crippen molar-refractivity contribution in [2.45, 2.75) is 78.1 Å². The molecule has 1 heterocycles. The van der Waals surface area contributed by atoms with Crippen molar-refractivity contribution in [1.29, 1.82) is 0 Å². The molecule has 2 N–H and O–H groups in total. The Bertz CT molecular complexity index is 1180. The van der Waals surface area contributed by atoms with Gasteiger partial charge in [-0.2, -0.15) is 0 Å². The summed E-state index contributed by atoms with van der Waals surface area (Å²) in [7, 11) is 1.62. The Labute approximate surface area is 218 Å². The van der Waals surface area contributed by atoms with Gasteiger partial charge in [0.05, 0.1) is 7.11 Å². The lowest BCUT2D eigenvalue weighted by Gasteiger charge is -2.34. The molecule has 8 nitrogen and oxygen atoms in total. The Morgan fingerprint density at radius 1 is 1.08 bits per heavy atom. The molecule has 0 bridgehead atoms. The van der Waals surface area contributed by atoms with E-state index in [1.165, 1.54) is 0 Å². The zero-order valence-corrected chi connectivity index (χ0v) is 22.3. The van der Waals surface area contributed by atoms with Crippen LogP contribution in [0.15, 0.2) is 36.4 Å². The number of carbonyl (C=O) groups is 3. The topological polar surface area (TPSA) is 97.0 Å². The molecule has 0 radical (unpaired) electrons. The summed E-state index contributed by atoms with van der Waals surface area (Å²) in [6, 6.07) is 11.3. The smallest absolute Gasteiger partial charge is 0.407 e. The number of hydrogen-bond donors (Lipinski definition) is 2. The van der Waals surface area contributed by atoms with E-state index in [1.807, 2.05) is 69.0 Å². The van der Waals surface area contributed by atoms with Gasteiger partial charge in [-0.15, -0.1) is 0 Å². The average molecular weight is 508 g/mol. The third-order valence-electron chi connectivity index (χ3n) is 7.11. The molecule has 1 aliphatic heterocycles. The highest BCUT2D eigenvalue weighted by Crippen LogP contribution is 2.35. The molecule has 3 amide bonds. The molecule has 1 fully saturated rings. The van der Waals surface area contributed by atoms with Crippen molar-refractivity contribution < 1.29 is 23.9 Å². The van der Waals surface area contributed by atoms with Gasteiger partial charge in [-0.25, -0.2) is 4.79 Å². The van der Waals surface area contributed by atoms with Gasteiger partial charge in [-0.05, 0) is 82.2 Å². The van der Waals surface area contributed by atoms with Crippen molar-refractivity contribution in [2.75, 3.05) is 12.4 Å². The highest BCUT2D eigenvalue weighted by atomic mass is 16.5. The zero-order chi connectivity index (χ0) is 26.7. The fraction of sp³-hybridized carbons (Fsp3) is 0.483. The van der Waals surface area contributed by atoms with Crippen LogP contribution < -0.4 is 15.4 Å². The summed E-state index contributed by atoms with van der Waals surface area (Å²) < 4.78 is 10.8. The molecule has 2 aromatic carbocycles. The quantitative estimate of drug-likeness (QED) is 0.562. The largest absolute Gasteiger partial charge is 0.496 e. The summed E-state index contributed by atoms with van der Waals surface area (Å²) in [5.41, 5.74) is 3.80. The van der Waals surface area contributed by atoms with Gasteiger partial charge in [0, 0.05) is 41.4 Å². The van der Waals surface area contributed by atoms with Crippen LogP contribution in [0.25, 0.3) is 0 Å². The Balaban J connectivity index is 1.33. The molecule has 37 heavy (non-hydrogen) atoms. The van der Waals surface area contributed by atoms with Crippen molar-refractivity contribution in [3.63, 3.8) is 0 Å². The third kappa shape index (κ3) is 6.24. The van der Waals surface area contributed by atoms with Crippen LogP contribution in [0.5, 0.6) is 5.75 Å². The monoisotopic (exact) mass is 507 g/mol. The molecule has 4 rings (SSSR count). The third-order valence-corrected chi connectivity index (χ3v) is 7.11. The van der Waals surface area contributed by atoms with Gasteiger partial charge >= 0.3 is 6.09 Å². The van der Waals surface area contributed by atoms with Crippen LogP contribution >= 0.6 is 0 Å². The highest BCUT2D eigenvalue weighted by molar-refractivity contribution is 5.99. The van der Waals surface area contributed by atoms with E-state index in [4.69, 9.17) is 9.47 Å². The minimum absolute atomic E-state index is 0.00774. The van der Waals surface area contributed by atoms with Crippen molar-refractivity contribution in [3.05, 3.63) is 58.7 Å². The van der Waals surface area contributed by atoms with E-state index in [0.29, 0.717) is 12.1 Å². The Kier molecular flexibility index (Phi) is 7.76. The summed E-state index contributed by atoms with van der Waals surface area (Å²) in [5, 5.41) is 5.80. The van der Waals surface area contributed by atoms with Gasteiger partial charge in [0.2, 0.25) is 5.91 Å². The predicted molar refractivity (Wildman–Crippen MR) is 141 cm³/mol. The summed E-state index contributed by atoms with van der Waals surface area (Å²) in [4.78, 5) is 40.2. The highest BCUT2D eigenvalue weighted by Gasteiger charge is 2.37. The Hall–Kier alpha value is -3.55. The number of amides is 3. The first-order valence-corrected chi connectivity index (χ1v) is 12.9. The van der Waals surface area contributed by atoms with E-state index in [1.54, 1.807) is 7.11 Å². The average Bonchev–Trinajstić information content (AvgIpc) is 3.20. The van der Waals surface area contributed by atoms with Gasteiger partial charge in [0.25, 0.3) is 5.91 Å². The number of nitrogens with zero attached hydrogens (tertiary/aromatic N) is 1. The standard InChI is InChI=1S/C29H37N3O5/c1-18-9-12-21(15-25(18)36-5)30-26(33)19-10-13-22(14-11-19)32-16-24-20(7-6-8-23(24)27(32)34)17-37-28(35)31-29(2,3)4/h6-9,12,15,19,22H,10-11,13-14,16-17H2,1-5H3,(H,30,33)(H,31,35). The minimum atomic E-state index is -0.480. The lowest BCUT2D eigenvalue weighted by atomic mass is 9.84. The maximum Gasteiger partial charge on any atom is 0.407 e. The molecule has 0 atom stereocenters. The van der Waals surface area contributed by atoms with Gasteiger partial charge in [0.15, 0.2) is 0 Å². The maximum absolute atomic E-state index is 13.2. The van der Waals surface area contributed by atoms with Crippen LogP contribution in [0.3, 0.4) is 0 Å². The molecule has 8 heteroatoms. The van der Waals surface area contributed by atoms with E-state index in [9.17, 15) is 14.4 Å². The molecule has 2 aliphatic rings. The molecular formula is C29H37N3O5. The number of alkyl carbamates (subject to hydrolysis) is 1. The van der Waals surface area contributed by atoms with Gasteiger partial charge < -0.3 is 25.0 Å². The van der Waals surface area contributed by atoms with Crippen LogP contribution in [0.2, 0.25) is 0 Å². The summed E-state index contributed by atoms with van der Waals surface area (Å²) >= 11 is 0. The molecule has 0 saturated heterocycles. The summed E-state index contributed by atoms with van der Waals surface area (Å²) in [5.74, 6) is 0.672. The number of rotatable bonds is 6. The lowest BCUT2D eigenvalue weighted by Crippen LogP contribution is -2.40. The number of fused-ring (bicyclic) bond motifs is 1. The molecule has 1 saturated carbocycles. The van der Waals surface area contributed by atoms with Gasteiger partial charge in [-0.3, -0.25) is 9.59 Å². The van der Waals surface area contributed by atoms with Crippen LogP contribution in [-0.4, -0.2) is 41.5 Å². The molecule has 2 aromatic rings. The fourth-order valence-electron chi connectivity index (χ4n) is 5.13. The predicted octanol–water partition coefficient (Wildman–Crippen LogP) is 5.18. The second kappa shape index (κ2) is 10.8. The van der Waals surface area contributed by atoms with Crippen LogP contribution in [0.4, 0.5) is 10.5 Å². The first-order chi connectivity index (χ1) is 17.6. The van der Waals surface area contributed by atoms with E-state index < -0.39 is 6.09 Å². The van der Waals surface area contributed by atoms with Crippen molar-refractivity contribution in [3.8, 4) is 5.75 Å². The molecular weight excluding hydrogens is 470 g/mol. The van der Waals surface area contributed by atoms with Crippen molar-refractivity contribution in [2.24, 2.45) is 5.92 Å². The van der Waals surface area contributed by atoms with Gasteiger partial charge in [-0.1, -0.05) is 18.2 Å². The van der Waals surface area contributed by atoms with Crippen molar-refractivity contribution in [1.82, 2.24) is 10.2 Å². The van der Waals surface area contributed by atoms with E-state index in [2.05, 4.69) is 10.6 Å².